The standard InChI is InChI=1S/C12H15F2NO/c13-9-1-4-12(14)8(5-9)7-16-11-3-2-10(15)6-11/h1,4-5,10-11H,2-3,6-7,15H2. The van der Waals surface area contributed by atoms with Crippen molar-refractivity contribution < 1.29 is 13.5 Å². The minimum atomic E-state index is -0.442. The van der Waals surface area contributed by atoms with E-state index in [0.717, 1.165) is 31.4 Å². The van der Waals surface area contributed by atoms with E-state index < -0.39 is 11.6 Å². The molecule has 2 nitrogen and oxygen atoms in total. The molecule has 0 aromatic heterocycles. The molecule has 4 heteroatoms. The van der Waals surface area contributed by atoms with Crippen LogP contribution in [0.5, 0.6) is 0 Å². The SMILES string of the molecule is NC1CCC(OCc2cc(F)ccc2F)C1. The third kappa shape index (κ3) is 2.77. The molecule has 1 aliphatic carbocycles. The van der Waals surface area contributed by atoms with E-state index in [4.69, 9.17) is 10.5 Å². The van der Waals surface area contributed by atoms with Gasteiger partial charge in [0.15, 0.2) is 0 Å². The van der Waals surface area contributed by atoms with E-state index in [-0.39, 0.29) is 24.3 Å². The molecule has 16 heavy (non-hydrogen) atoms. The number of nitrogens with two attached hydrogens (primary N) is 1. The molecule has 1 aliphatic rings. The van der Waals surface area contributed by atoms with Crippen LogP contribution >= 0.6 is 0 Å². The monoisotopic (exact) mass is 227 g/mol. The van der Waals surface area contributed by atoms with Crippen LogP contribution in [-0.4, -0.2) is 12.1 Å². The molecule has 88 valence electrons. The lowest BCUT2D eigenvalue weighted by molar-refractivity contribution is 0.0431. The molecule has 0 saturated heterocycles. The van der Waals surface area contributed by atoms with Crippen LogP contribution in [0.4, 0.5) is 8.78 Å². The molecule has 1 aromatic rings. The number of ether oxygens (including phenoxy) is 1. The molecule has 1 aromatic carbocycles. The number of benzene rings is 1. The van der Waals surface area contributed by atoms with E-state index in [1.54, 1.807) is 0 Å². The summed E-state index contributed by atoms with van der Waals surface area (Å²) in [5.41, 5.74) is 6.00. The van der Waals surface area contributed by atoms with Crippen LogP contribution in [0.2, 0.25) is 0 Å². The van der Waals surface area contributed by atoms with Gasteiger partial charge in [0, 0.05) is 11.6 Å². The van der Waals surface area contributed by atoms with E-state index in [2.05, 4.69) is 0 Å². The highest BCUT2D eigenvalue weighted by Gasteiger charge is 2.22. The summed E-state index contributed by atoms with van der Waals surface area (Å²) in [5.74, 6) is -0.869. The Morgan fingerprint density at radius 1 is 1.31 bits per heavy atom. The second-order valence-corrected chi connectivity index (χ2v) is 4.24. The Balaban J connectivity index is 1.91. The van der Waals surface area contributed by atoms with Gasteiger partial charge >= 0.3 is 0 Å². The number of rotatable bonds is 3. The van der Waals surface area contributed by atoms with Crippen LogP contribution in [-0.2, 0) is 11.3 Å². The lowest BCUT2D eigenvalue weighted by Gasteiger charge is -2.11. The molecular formula is C12H15F2NO. The Morgan fingerprint density at radius 3 is 2.81 bits per heavy atom. The number of hydrogen-bond acceptors (Lipinski definition) is 2. The van der Waals surface area contributed by atoms with E-state index >= 15 is 0 Å². The first kappa shape index (κ1) is 11.5. The Morgan fingerprint density at radius 2 is 2.12 bits per heavy atom. The third-order valence-electron chi connectivity index (χ3n) is 2.91. The molecular weight excluding hydrogens is 212 g/mol. The maximum Gasteiger partial charge on any atom is 0.128 e. The van der Waals surface area contributed by atoms with E-state index in [1.807, 2.05) is 0 Å². The maximum atomic E-state index is 13.2. The smallest absolute Gasteiger partial charge is 0.128 e. The Labute approximate surface area is 93.4 Å². The maximum absolute atomic E-state index is 13.2. The van der Waals surface area contributed by atoms with Crippen LogP contribution < -0.4 is 5.73 Å². The minimum Gasteiger partial charge on any atom is -0.373 e. The van der Waals surface area contributed by atoms with Crippen LogP contribution in [0, 0.1) is 11.6 Å². The Kier molecular flexibility index (Phi) is 3.51. The number of hydrogen-bond donors (Lipinski definition) is 1. The fraction of sp³-hybridized carbons (Fsp3) is 0.500. The van der Waals surface area contributed by atoms with Crippen LogP contribution in [0.15, 0.2) is 18.2 Å². The fourth-order valence-corrected chi connectivity index (χ4v) is 1.99. The zero-order valence-electron chi connectivity index (χ0n) is 8.96. The van der Waals surface area contributed by atoms with Gasteiger partial charge in [0.05, 0.1) is 12.7 Å². The van der Waals surface area contributed by atoms with Crippen molar-refractivity contribution in [3.05, 3.63) is 35.4 Å². The minimum absolute atomic E-state index is 0.0812. The summed E-state index contributed by atoms with van der Waals surface area (Å²) in [7, 11) is 0. The quantitative estimate of drug-likeness (QED) is 0.860. The molecule has 0 amide bonds. The molecule has 2 N–H and O–H groups in total. The van der Waals surface area contributed by atoms with Gasteiger partial charge in [-0.05, 0) is 37.5 Å². The summed E-state index contributed by atoms with van der Waals surface area (Å²) in [6.45, 7) is 0.112. The molecule has 1 fully saturated rings. The first-order chi connectivity index (χ1) is 7.65. The highest BCUT2D eigenvalue weighted by Crippen LogP contribution is 2.22. The topological polar surface area (TPSA) is 35.2 Å². The molecule has 0 radical (unpaired) electrons. The van der Waals surface area contributed by atoms with Gasteiger partial charge in [0.1, 0.15) is 11.6 Å². The first-order valence-electron chi connectivity index (χ1n) is 5.46. The van der Waals surface area contributed by atoms with Gasteiger partial charge in [0.25, 0.3) is 0 Å². The predicted molar refractivity (Wildman–Crippen MR) is 56.8 cm³/mol. The highest BCUT2D eigenvalue weighted by atomic mass is 19.1. The molecule has 0 aliphatic heterocycles. The Hall–Kier alpha value is -1.00. The van der Waals surface area contributed by atoms with Gasteiger partial charge in [0.2, 0.25) is 0 Å². The predicted octanol–water partition coefficient (Wildman–Crippen LogP) is 2.36. The molecule has 2 atom stereocenters. The van der Waals surface area contributed by atoms with Gasteiger partial charge in [-0.2, -0.15) is 0 Å². The first-order valence-corrected chi connectivity index (χ1v) is 5.46. The van der Waals surface area contributed by atoms with Gasteiger partial charge in [-0.3, -0.25) is 0 Å². The second-order valence-electron chi connectivity index (χ2n) is 4.24. The summed E-state index contributed by atoms with van der Waals surface area (Å²) >= 11 is 0. The molecule has 0 heterocycles. The van der Waals surface area contributed by atoms with Crippen molar-refractivity contribution in [3.63, 3.8) is 0 Å². The highest BCUT2D eigenvalue weighted by molar-refractivity contribution is 5.17. The van der Waals surface area contributed by atoms with Gasteiger partial charge in [-0.15, -0.1) is 0 Å². The van der Waals surface area contributed by atoms with Crippen molar-refractivity contribution in [2.45, 2.75) is 38.0 Å². The van der Waals surface area contributed by atoms with Crippen molar-refractivity contribution in [1.29, 1.82) is 0 Å². The van der Waals surface area contributed by atoms with Crippen molar-refractivity contribution in [1.82, 2.24) is 0 Å². The largest absolute Gasteiger partial charge is 0.373 e. The van der Waals surface area contributed by atoms with Gasteiger partial charge in [-0.25, -0.2) is 8.78 Å². The van der Waals surface area contributed by atoms with Crippen LogP contribution in [0.25, 0.3) is 0 Å². The number of halogens is 2. The lowest BCUT2D eigenvalue weighted by atomic mass is 10.2. The zero-order chi connectivity index (χ0) is 11.5. The summed E-state index contributed by atoms with van der Waals surface area (Å²) in [5, 5.41) is 0. The molecule has 0 bridgehead atoms. The van der Waals surface area contributed by atoms with E-state index in [9.17, 15) is 8.78 Å². The molecule has 1 saturated carbocycles. The summed E-state index contributed by atoms with van der Waals surface area (Å²) in [4.78, 5) is 0. The van der Waals surface area contributed by atoms with Crippen molar-refractivity contribution >= 4 is 0 Å². The molecule has 2 unspecified atom stereocenters. The Bertz CT molecular complexity index is 370. The lowest BCUT2D eigenvalue weighted by Crippen LogP contribution is -2.17. The van der Waals surface area contributed by atoms with Crippen LogP contribution in [0.3, 0.4) is 0 Å². The summed E-state index contributed by atoms with van der Waals surface area (Å²) in [6.07, 6.45) is 2.73. The van der Waals surface area contributed by atoms with E-state index in [0.29, 0.717) is 0 Å². The zero-order valence-corrected chi connectivity index (χ0v) is 8.96. The summed E-state index contributed by atoms with van der Waals surface area (Å²) in [6, 6.07) is 3.57. The van der Waals surface area contributed by atoms with E-state index in [1.165, 1.54) is 6.07 Å². The van der Waals surface area contributed by atoms with Crippen molar-refractivity contribution in [2.75, 3.05) is 0 Å². The molecule has 2 rings (SSSR count). The normalized spacial score (nSPS) is 24.9. The van der Waals surface area contributed by atoms with Crippen LogP contribution in [0.1, 0.15) is 24.8 Å². The second kappa shape index (κ2) is 4.89. The van der Waals surface area contributed by atoms with Crippen molar-refractivity contribution in [2.24, 2.45) is 5.73 Å². The average Bonchev–Trinajstić information content (AvgIpc) is 2.66. The average molecular weight is 227 g/mol. The third-order valence-corrected chi connectivity index (χ3v) is 2.91. The molecule has 0 spiro atoms. The van der Waals surface area contributed by atoms with Gasteiger partial charge < -0.3 is 10.5 Å². The fourth-order valence-electron chi connectivity index (χ4n) is 1.99. The van der Waals surface area contributed by atoms with Crippen molar-refractivity contribution in [3.8, 4) is 0 Å². The summed E-state index contributed by atoms with van der Waals surface area (Å²) < 4.78 is 31.6. The van der Waals surface area contributed by atoms with Gasteiger partial charge in [-0.1, -0.05) is 0 Å².